The lowest BCUT2D eigenvalue weighted by Crippen LogP contribution is -2.37. The van der Waals surface area contributed by atoms with Crippen LogP contribution in [0, 0.1) is 0 Å². The summed E-state index contributed by atoms with van der Waals surface area (Å²) in [5, 5.41) is 18.7. The summed E-state index contributed by atoms with van der Waals surface area (Å²) in [5.41, 5.74) is 6.38. The fraction of sp³-hybridized carbons (Fsp3) is 0.440. The number of hydrogen-bond donors (Lipinski definition) is 4. The van der Waals surface area contributed by atoms with Crippen molar-refractivity contribution in [3.8, 4) is 0 Å². The highest BCUT2D eigenvalue weighted by molar-refractivity contribution is 5.75. The van der Waals surface area contributed by atoms with Crippen molar-refractivity contribution < 1.29 is 22.3 Å². The lowest BCUT2D eigenvalue weighted by molar-refractivity contribution is 0.243. The van der Waals surface area contributed by atoms with Crippen molar-refractivity contribution in [3.63, 3.8) is 0 Å². The van der Waals surface area contributed by atoms with E-state index in [0.29, 0.717) is 31.2 Å². The highest BCUT2D eigenvalue weighted by Crippen LogP contribution is 2.08. The molecule has 2 amide bonds. The van der Waals surface area contributed by atoms with Gasteiger partial charge in [0.15, 0.2) is 0 Å². The number of urea groups is 1. The van der Waals surface area contributed by atoms with Gasteiger partial charge in [-0.05, 0) is 52.2 Å². The third-order valence-corrected chi connectivity index (χ3v) is 4.48. The molecule has 0 bridgehead atoms. The van der Waals surface area contributed by atoms with E-state index in [4.69, 9.17) is 14.6 Å². The summed E-state index contributed by atoms with van der Waals surface area (Å²) in [4.78, 5) is 25.9. The monoisotopic (exact) mass is 538 g/mol. The fourth-order valence-corrected chi connectivity index (χ4v) is 2.54. The lowest BCUT2D eigenvalue weighted by atomic mass is 10.2. The van der Waals surface area contributed by atoms with E-state index in [2.05, 4.69) is 42.9 Å². The van der Waals surface area contributed by atoms with Gasteiger partial charge in [-0.3, -0.25) is 10.3 Å². The minimum Gasteiger partial charge on any atom is -0.425 e. The number of carbonyl (C=O) groups is 1. The van der Waals surface area contributed by atoms with Gasteiger partial charge < -0.3 is 19.9 Å². The van der Waals surface area contributed by atoms with Crippen LogP contribution in [0.5, 0.6) is 0 Å². The highest BCUT2D eigenvalue weighted by Gasteiger charge is 2.06. The van der Waals surface area contributed by atoms with Gasteiger partial charge in [-0.15, -0.1) is 15.3 Å². The van der Waals surface area contributed by atoms with E-state index < -0.39 is 5.76 Å². The van der Waals surface area contributed by atoms with Crippen LogP contribution in [-0.2, 0) is 12.8 Å². The summed E-state index contributed by atoms with van der Waals surface area (Å²) >= 11 is 0. The molecule has 0 saturated heterocycles. The van der Waals surface area contributed by atoms with Crippen molar-refractivity contribution in [2.24, 2.45) is 10.7 Å². The molecule has 0 fully saturated rings. The highest BCUT2D eigenvalue weighted by atomic mass is 19.1. The Labute approximate surface area is 225 Å². The average molecular weight is 539 g/mol. The van der Waals surface area contributed by atoms with Crippen LogP contribution in [0.1, 0.15) is 75.3 Å². The van der Waals surface area contributed by atoms with E-state index in [-0.39, 0.29) is 27.8 Å². The first-order valence-corrected chi connectivity index (χ1v) is 12.3. The smallest absolute Gasteiger partial charge is 0.425 e. The van der Waals surface area contributed by atoms with Crippen molar-refractivity contribution in [1.29, 1.82) is 0 Å². The molecule has 5 N–H and O–H groups in total. The molecule has 38 heavy (non-hydrogen) atoms. The van der Waals surface area contributed by atoms with Gasteiger partial charge in [0.25, 0.3) is 0 Å². The number of hydrogen-bond acceptors (Lipinski definition) is 9. The van der Waals surface area contributed by atoms with Crippen molar-refractivity contribution in [2.75, 3.05) is 6.54 Å². The predicted molar refractivity (Wildman–Crippen MR) is 150 cm³/mol. The molecule has 2 heterocycles. The second-order valence-electron chi connectivity index (χ2n) is 7.76. The molecular weight excluding hydrogens is 495 g/mol. The predicted octanol–water partition coefficient (Wildman–Crippen LogP) is 4.82. The van der Waals surface area contributed by atoms with Crippen LogP contribution < -0.4 is 22.1 Å². The third kappa shape index (κ3) is 14.3. The van der Waals surface area contributed by atoms with Crippen molar-refractivity contribution in [3.05, 3.63) is 70.4 Å². The molecule has 2 aromatic rings. The van der Waals surface area contributed by atoms with Crippen molar-refractivity contribution >= 4 is 17.8 Å². The minimum absolute atomic E-state index is 0. The molecule has 0 radical (unpaired) electrons. The summed E-state index contributed by atoms with van der Waals surface area (Å²) < 4.78 is 23.1. The summed E-state index contributed by atoms with van der Waals surface area (Å²) in [6.07, 6.45) is 14.1. The Morgan fingerprint density at radius 2 is 2.00 bits per heavy atom. The zero-order valence-electron chi connectivity index (χ0n) is 22.3. The van der Waals surface area contributed by atoms with Crippen LogP contribution >= 0.6 is 0 Å². The zero-order chi connectivity index (χ0) is 28.2. The third-order valence-electron chi connectivity index (χ3n) is 4.48. The molecular formula is C25H43FN8O4. The first-order valence-electron chi connectivity index (χ1n) is 12.3. The van der Waals surface area contributed by atoms with Crippen molar-refractivity contribution in [1.82, 2.24) is 31.0 Å². The molecule has 0 aliphatic rings. The molecule has 2 rings (SSSR count). The van der Waals surface area contributed by atoms with Gasteiger partial charge in [-0.2, -0.15) is 0 Å². The maximum absolute atomic E-state index is 12.8. The van der Waals surface area contributed by atoms with Gasteiger partial charge in [0.1, 0.15) is 11.6 Å². The maximum atomic E-state index is 12.8. The number of aryl methyl sites for hydroxylation is 1. The average Bonchev–Trinajstić information content (AvgIpc) is 3.54. The minimum atomic E-state index is -0.551. The van der Waals surface area contributed by atoms with Crippen LogP contribution in [0.25, 0.3) is 5.57 Å². The second kappa shape index (κ2) is 18.9. The molecule has 0 aliphatic heterocycles. The number of nitrogens with zero attached hydrogens (tertiary/aromatic N) is 4. The molecule has 0 atom stereocenters. The normalized spacial score (nSPS) is 12.6. The number of nitrogens with two attached hydrogens (primary N) is 1. The molecule has 12 nitrogen and oxygen atoms in total. The number of allylic oxidation sites excluding steroid dienone is 6. The molecule has 0 aromatic carbocycles. The SMILES string of the molecule is C/C=C(F)\C=C/CCCc1nnc(C/C=C(\N)NC(=O)NCC)o1.CCCC=N/C=C(\C)c1n[nH]c(=O)o1.[HH].[HH].[HH]. The topological polar surface area (TPSA) is 177 Å². The van der Waals surface area contributed by atoms with Crippen LogP contribution in [0.15, 0.2) is 60.8 Å². The Hall–Kier alpha value is -4.29. The molecule has 214 valence electrons. The Balaban J connectivity index is -0.000000734. The number of carbonyl (C=O) groups excluding carboxylic acids is 1. The first-order chi connectivity index (χ1) is 18.3. The summed E-state index contributed by atoms with van der Waals surface area (Å²) in [5.74, 6) is 0.640. The number of unbranched alkanes of at least 4 members (excludes halogenated alkanes) is 2. The van der Waals surface area contributed by atoms with Gasteiger partial charge >= 0.3 is 11.8 Å². The second-order valence-corrected chi connectivity index (χ2v) is 7.76. The molecule has 13 heteroatoms. The molecule has 0 saturated carbocycles. The Bertz CT molecular complexity index is 1190. The number of aromatic amines is 1. The largest absolute Gasteiger partial charge is 0.434 e. The molecule has 0 spiro atoms. The van der Waals surface area contributed by atoms with Gasteiger partial charge in [-0.25, -0.2) is 19.1 Å². The fourth-order valence-electron chi connectivity index (χ4n) is 2.54. The van der Waals surface area contributed by atoms with E-state index in [9.17, 15) is 14.0 Å². The summed E-state index contributed by atoms with van der Waals surface area (Å²) in [6, 6.07) is -0.361. The number of nitrogens with one attached hydrogen (secondary N) is 3. The van der Waals surface area contributed by atoms with E-state index >= 15 is 0 Å². The van der Waals surface area contributed by atoms with Crippen molar-refractivity contribution in [2.45, 2.75) is 66.2 Å². The Kier molecular flexibility index (Phi) is 15.8. The zero-order valence-corrected chi connectivity index (χ0v) is 22.3. The van der Waals surface area contributed by atoms with Crippen LogP contribution in [-0.4, -0.2) is 39.2 Å². The maximum Gasteiger partial charge on any atom is 0.434 e. The van der Waals surface area contributed by atoms with E-state index in [1.807, 2.05) is 13.1 Å². The standard InChI is InChI=1S/C16H24FN5O2.C9H13N3O2.3H2/c1-3-12(17)8-6-5-7-9-14-21-22-15(24-14)11-10-13(18)20-16(23)19-4-2;1-3-4-5-10-6-7(2)8-11-12-9(13)14-8;;;/h3,6,8,10H,4-5,7,9,11,18H2,1-2H3,(H2,19,20,23);5-6H,3-4H2,1-2H3,(H,12,13);3*1H/b8-6-,12-3+,13-10+;7-6+,10-5?;;;. The van der Waals surface area contributed by atoms with E-state index in [0.717, 1.165) is 31.3 Å². The van der Waals surface area contributed by atoms with Gasteiger partial charge in [0, 0.05) is 41.7 Å². The number of halogens is 1. The quantitative estimate of drug-likeness (QED) is 0.159. The van der Waals surface area contributed by atoms with E-state index in [1.165, 1.54) is 12.2 Å². The number of aliphatic imine (C=N–C) groups is 1. The van der Waals surface area contributed by atoms with Crippen LogP contribution in [0.2, 0.25) is 0 Å². The van der Waals surface area contributed by atoms with Gasteiger partial charge in [-0.1, -0.05) is 25.5 Å². The number of amides is 2. The van der Waals surface area contributed by atoms with Crippen LogP contribution in [0.3, 0.4) is 0 Å². The first kappa shape index (κ1) is 31.7. The molecule has 0 aliphatic carbocycles. The summed E-state index contributed by atoms with van der Waals surface area (Å²) in [6.45, 7) is 7.83. The Morgan fingerprint density at radius 1 is 1.24 bits per heavy atom. The number of H-pyrrole nitrogens is 1. The summed E-state index contributed by atoms with van der Waals surface area (Å²) in [7, 11) is 0. The van der Waals surface area contributed by atoms with E-state index in [1.54, 1.807) is 32.2 Å². The van der Waals surface area contributed by atoms with Gasteiger partial charge in [0.05, 0.1) is 0 Å². The number of rotatable bonds is 13. The molecule has 0 unspecified atom stereocenters. The Morgan fingerprint density at radius 3 is 2.66 bits per heavy atom. The lowest BCUT2D eigenvalue weighted by Gasteiger charge is -2.04. The molecule has 2 aromatic heterocycles. The number of aromatic nitrogens is 4. The van der Waals surface area contributed by atoms with Crippen LogP contribution in [0.4, 0.5) is 9.18 Å². The van der Waals surface area contributed by atoms with Gasteiger partial charge in [0.2, 0.25) is 17.7 Å².